The number of nitrogens with two attached hydrogens (primary N) is 3. The Morgan fingerprint density at radius 3 is 0.950 bits per heavy atom. The second kappa shape index (κ2) is 30.8. The molecule has 17 aromatic rings. The van der Waals surface area contributed by atoms with Crippen LogP contribution < -0.4 is 17.2 Å². The highest BCUT2D eigenvalue weighted by atomic mass is 32.2. The fourth-order valence-electron chi connectivity index (χ4n) is 16.2. The van der Waals surface area contributed by atoms with Crippen molar-refractivity contribution in [1.82, 2.24) is 58.1 Å². The van der Waals surface area contributed by atoms with E-state index in [0.29, 0.717) is 52.7 Å². The summed E-state index contributed by atoms with van der Waals surface area (Å²) >= 11 is 0. The highest BCUT2D eigenvalue weighted by Gasteiger charge is 2.49. The molecule has 0 amide bonds. The molecule has 0 saturated heterocycles. The first-order valence-corrected chi connectivity index (χ1v) is 41.7. The van der Waals surface area contributed by atoms with E-state index in [1.807, 2.05) is 197 Å². The lowest BCUT2D eigenvalue weighted by Crippen LogP contribution is -2.47. The fourth-order valence-corrected chi connectivity index (χ4v) is 18.2. The number of nitrogens with zero attached hydrogens (tertiary/aromatic N) is 12. The number of hydrogen-bond acceptors (Lipinski definition) is 22. The topological polar surface area (TPSA) is 375 Å². The van der Waals surface area contributed by atoms with Crippen LogP contribution in [-0.2, 0) is 28.6 Å². The maximum Gasteiger partial charge on any atom is 0.297 e. The van der Waals surface area contributed by atoms with Crippen molar-refractivity contribution in [2.45, 2.75) is 96.7 Å². The lowest BCUT2D eigenvalue weighted by molar-refractivity contribution is -0.0882. The quantitative estimate of drug-likeness (QED) is 0.0392. The first-order valence-electron chi connectivity index (χ1n) is 38.9. The van der Waals surface area contributed by atoms with E-state index in [2.05, 4.69) is 33.2 Å². The molecule has 0 atom stereocenters. The van der Waals surface area contributed by atoms with Crippen molar-refractivity contribution in [1.29, 1.82) is 0 Å². The van der Waals surface area contributed by atoms with Crippen molar-refractivity contribution in [3.8, 4) is 67.5 Å². The Morgan fingerprint density at radius 2 is 0.655 bits per heavy atom. The van der Waals surface area contributed by atoms with Gasteiger partial charge in [0.1, 0.15) is 68.6 Å². The van der Waals surface area contributed by atoms with Crippen LogP contribution in [0, 0.1) is 13.8 Å². The van der Waals surface area contributed by atoms with E-state index in [1.54, 1.807) is 55.2 Å². The zero-order valence-corrected chi connectivity index (χ0v) is 66.3. The average molecular weight is 1620 g/mol. The molecule has 0 unspecified atom stereocenters. The molecule has 3 aliphatic carbocycles. The molecule has 3 aliphatic rings. The highest BCUT2D eigenvalue weighted by Crippen LogP contribution is 2.50. The van der Waals surface area contributed by atoms with E-state index in [-0.39, 0.29) is 73.0 Å². The summed E-state index contributed by atoms with van der Waals surface area (Å²) in [7, 11) is -7.98. The number of hydrogen-bond donors (Lipinski definition) is 7. The monoisotopic (exact) mass is 1620 g/mol. The molecule has 0 bridgehead atoms. The van der Waals surface area contributed by atoms with Crippen LogP contribution in [0.3, 0.4) is 0 Å². The van der Waals surface area contributed by atoms with Crippen LogP contribution in [0.1, 0.15) is 84.9 Å². The Kier molecular flexibility index (Phi) is 19.9. The van der Waals surface area contributed by atoms with Gasteiger partial charge in [-0.05, 0) is 113 Å². The van der Waals surface area contributed by atoms with Gasteiger partial charge in [0.25, 0.3) is 20.2 Å². The number of aliphatic hydroxyl groups is 4. The van der Waals surface area contributed by atoms with Gasteiger partial charge in [-0.25, -0.2) is 44.9 Å². The number of nitrogen functional groups attached to an aromatic ring is 3. The van der Waals surface area contributed by atoms with Crippen LogP contribution in [-0.4, -0.2) is 132 Å². The lowest BCUT2D eigenvalue weighted by atomic mass is 9.71. The molecule has 25 nitrogen and oxygen atoms in total. The fraction of sp³-hybridized carbons (Fsp3) is 0.185. The Bertz CT molecular complexity index is 6680. The van der Waals surface area contributed by atoms with Crippen molar-refractivity contribution >= 4 is 86.9 Å². The summed E-state index contributed by atoms with van der Waals surface area (Å²) in [6, 6.07) is 73.3. The smallest absolute Gasteiger partial charge is 0.297 e. The number of aliphatic hydroxyl groups excluding tert-OH is 1. The van der Waals surface area contributed by atoms with Gasteiger partial charge in [-0.2, -0.15) is 16.8 Å². The molecule has 10 N–H and O–H groups in total. The van der Waals surface area contributed by atoms with Crippen LogP contribution in [0.2, 0.25) is 0 Å². The molecule has 27 heteroatoms. The van der Waals surface area contributed by atoms with E-state index in [9.17, 15) is 37.3 Å². The summed E-state index contributed by atoms with van der Waals surface area (Å²) in [5.74, 6) is 3.09. The van der Waals surface area contributed by atoms with Crippen LogP contribution in [0.4, 0.5) is 17.5 Å². The summed E-state index contributed by atoms with van der Waals surface area (Å²) < 4.78 is 67.0. The molecule has 3 saturated carbocycles. The van der Waals surface area contributed by atoms with Gasteiger partial charge in [0, 0.05) is 104 Å². The number of imidazole rings is 3. The van der Waals surface area contributed by atoms with Crippen molar-refractivity contribution in [3.05, 3.63) is 296 Å². The second-order valence-electron chi connectivity index (χ2n) is 31.2. The summed E-state index contributed by atoms with van der Waals surface area (Å²) in [5, 5.41) is 45.0. The molecule has 9 heterocycles. The lowest BCUT2D eigenvalue weighted by Gasteiger charge is -2.42. The molecule has 8 aromatic carbocycles. The van der Waals surface area contributed by atoms with Crippen LogP contribution in [0.5, 0.6) is 0 Å². The first kappa shape index (κ1) is 77.2. The molecular formula is C92H81N15O10S2. The Balaban J connectivity index is 0.000000124. The van der Waals surface area contributed by atoms with Gasteiger partial charge in [-0.15, -0.1) is 0 Å². The van der Waals surface area contributed by atoms with Crippen molar-refractivity contribution in [2.75, 3.05) is 37.0 Å². The average Bonchev–Trinajstić information content (AvgIpc) is 1.61. The van der Waals surface area contributed by atoms with E-state index in [1.165, 1.54) is 24.3 Å². The third-order valence-corrected chi connectivity index (χ3v) is 25.2. The summed E-state index contributed by atoms with van der Waals surface area (Å²) in [6.07, 6.45) is 12.4. The first-order chi connectivity index (χ1) is 57.4. The van der Waals surface area contributed by atoms with E-state index in [0.717, 1.165) is 123 Å². The maximum atomic E-state index is 12.7. The van der Waals surface area contributed by atoms with E-state index >= 15 is 0 Å². The van der Waals surface area contributed by atoms with Crippen LogP contribution in [0.25, 0.3) is 117 Å². The van der Waals surface area contributed by atoms with E-state index < -0.39 is 37.0 Å². The van der Waals surface area contributed by atoms with Gasteiger partial charge in [-0.1, -0.05) is 181 Å². The number of aryl methyl sites for hydroxylation is 2. The third-order valence-electron chi connectivity index (χ3n) is 22.7. The minimum atomic E-state index is -3.99. The SMILES string of the molecule is Cc1ccc(S(=O)(=O)OCC2(O)CC(c3nc(-c4ccc5ccc(-c6ccccc6)nc5c4)c4c(N)nccn34)C2)cc1.Cc1ccc(S(=O)(=O)OCC2(O)CC(c3nc(-c4ccc5ccc(-c6ccccc6)nc5c4)c4c(N)nccn34)C2)cc1.Nc1nccn2c(C3CC(O)(CO)C3)nc(-c3ccc4ccc(-c5ccccc5)nc4c3)c12. The van der Waals surface area contributed by atoms with Gasteiger partial charge >= 0.3 is 0 Å². The molecule has 0 spiro atoms. The number of rotatable bonds is 18. The number of fused-ring (bicyclic) bond motifs is 6. The molecular weight excluding hydrogens is 1540 g/mol. The van der Waals surface area contributed by atoms with Gasteiger partial charge in [-0.3, -0.25) is 21.6 Å². The zero-order valence-electron chi connectivity index (χ0n) is 64.7. The number of aromatic nitrogens is 12. The van der Waals surface area contributed by atoms with Gasteiger partial charge < -0.3 is 37.6 Å². The molecule has 9 aromatic heterocycles. The Labute approximate surface area is 684 Å². The molecule has 596 valence electrons. The minimum absolute atomic E-state index is 0.0356. The Morgan fingerprint density at radius 1 is 0.370 bits per heavy atom. The predicted molar refractivity (Wildman–Crippen MR) is 457 cm³/mol. The van der Waals surface area contributed by atoms with Gasteiger partial charge in [0.05, 0.1) is 80.0 Å². The van der Waals surface area contributed by atoms with E-state index in [4.69, 9.17) is 55.5 Å². The third kappa shape index (κ3) is 15.3. The van der Waals surface area contributed by atoms with Gasteiger partial charge in [0.15, 0.2) is 0 Å². The molecule has 0 aliphatic heterocycles. The molecule has 119 heavy (non-hydrogen) atoms. The van der Waals surface area contributed by atoms with Crippen molar-refractivity contribution < 1.29 is 45.6 Å². The molecule has 20 rings (SSSR count). The van der Waals surface area contributed by atoms with Crippen molar-refractivity contribution in [2.24, 2.45) is 0 Å². The minimum Gasteiger partial charge on any atom is -0.393 e. The number of pyridine rings is 3. The second-order valence-corrected chi connectivity index (χ2v) is 34.4. The van der Waals surface area contributed by atoms with Crippen LogP contribution in [0.15, 0.2) is 277 Å². The number of anilines is 3. The summed E-state index contributed by atoms with van der Waals surface area (Å²) in [5.41, 5.74) is 32.4. The highest BCUT2D eigenvalue weighted by molar-refractivity contribution is 7.87. The predicted octanol–water partition coefficient (Wildman–Crippen LogP) is 14.8. The molecule has 3 fully saturated rings. The Hall–Kier alpha value is -13.1. The number of benzene rings is 8. The zero-order chi connectivity index (χ0) is 82.1. The molecule has 0 radical (unpaired) electrons. The maximum absolute atomic E-state index is 12.7. The van der Waals surface area contributed by atoms with Crippen LogP contribution >= 0.6 is 0 Å². The standard InChI is InChI=1S/2C33H29N5O4S.C26H23N5O2/c2*1-21-7-12-26(13-8-21)43(40,41)42-20-33(39)18-25(19-33)32-37-29(30-31(34)35-15-16-38(30)32)24-10-9-23-11-14-27(36-28(23)17-24)22-5-3-2-4-6-22;27-24-23-22(30-25(31(23)11-10-28-24)19-13-26(33,14-19)15-32)18-7-6-17-8-9-20(29-21(17)12-18)16-4-2-1-3-5-16/h2*2-17,25,39H,18-20H2,1H3,(H2,34,35);1-12,19,32-33H,13-15H2,(H2,27,28). The normalized spacial score (nSPS) is 19.1. The largest absolute Gasteiger partial charge is 0.393 e. The summed E-state index contributed by atoms with van der Waals surface area (Å²) in [4.78, 5) is 42.7. The summed E-state index contributed by atoms with van der Waals surface area (Å²) in [6.45, 7) is 2.84. The van der Waals surface area contributed by atoms with Gasteiger partial charge in [0.2, 0.25) is 0 Å². The van der Waals surface area contributed by atoms with Crippen molar-refractivity contribution in [3.63, 3.8) is 0 Å².